The van der Waals surface area contributed by atoms with E-state index in [1.165, 1.54) is 0 Å². The Bertz CT molecular complexity index is 381. The Kier molecular flexibility index (Phi) is 3.71. The molecule has 1 amide bonds. The molecule has 1 aromatic rings. The van der Waals surface area contributed by atoms with Crippen molar-refractivity contribution in [1.29, 1.82) is 0 Å². The quantitative estimate of drug-likeness (QED) is 0.769. The van der Waals surface area contributed by atoms with E-state index in [0.29, 0.717) is 6.54 Å². The normalized spacial score (nSPS) is 22.5. The largest absolute Gasteiger partial charge is 0.368 e. The zero-order valence-electron chi connectivity index (χ0n) is 9.75. The third-order valence-electron chi connectivity index (χ3n) is 3.34. The molecule has 2 heterocycles. The summed E-state index contributed by atoms with van der Waals surface area (Å²) in [6, 6.07) is 3.75. The van der Waals surface area contributed by atoms with Crippen molar-refractivity contribution in [3.05, 3.63) is 30.1 Å². The molecule has 0 aromatic carbocycles. The van der Waals surface area contributed by atoms with E-state index in [2.05, 4.69) is 9.88 Å². The Morgan fingerprint density at radius 3 is 2.82 bits per heavy atom. The Balaban J connectivity index is 2.21. The monoisotopic (exact) mass is 234 g/mol. The van der Waals surface area contributed by atoms with Crippen molar-refractivity contribution in [2.45, 2.75) is 24.9 Å². The van der Waals surface area contributed by atoms with Crippen LogP contribution in [0.5, 0.6) is 0 Å². The number of amides is 1. The first-order valence-corrected chi connectivity index (χ1v) is 5.89. The van der Waals surface area contributed by atoms with E-state index in [9.17, 15) is 4.79 Å². The SMILES string of the molecule is NCC(c1ccncc1)N1CCCC1C(N)=O. The Morgan fingerprint density at radius 1 is 1.53 bits per heavy atom. The second-order valence-electron chi connectivity index (χ2n) is 4.33. The maximum absolute atomic E-state index is 11.4. The molecule has 1 fully saturated rings. The van der Waals surface area contributed by atoms with Gasteiger partial charge in [-0.2, -0.15) is 0 Å². The van der Waals surface area contributed by atoms with E-state index >= 15 is 0 Å². The number of nitrogens with two attached hydrogens (primary N) is 2. The van der Waals surface area contributed by atoms with Gasteiger partial charge in [0.25, 0.3) is 0 Å². The summed E-state index contributed by atoms with van der Waals surface area (Å²) in [4.78, 5) is 17.5. The molecular formula is C12H18N4O. The van der Waals surface area contributed by atoms with Gasteiger partial charge in [-0.3, -0.25) is 14.7 Å². The summed E-state index contributed by atoms with van der Waals surface area (Å²) < 4.78 is 0. The average molecular weight is 234 g/mol. The molecule has 2 atom stereocenters. The Hall–Kier alpha value is -1.46. The molecule has 2 rings (SSSR count). The van der Waals surface area contributed by atoms with E-state index in [-0.39, 0.29) is 18.0 Å². The molecule has 0 spiro atoms. The van der Waals surface area contributed by atoms with Gasteiger partial charge >= 0.3 is 0 Å². The molecule has 5 heteroatoms. The van der Waals surface area contributed by atoms with E-state index < -0.39 is 0 Å². The van der Waals surface area contributed by atoms with E-state index in [1.807, 2.05) is 12.1 Å². The van der Waals surface area contributed by atoms with Crippen molar-refractivity contribution in [2.75, 3.05) is 13.1 Å². The van der Waals surface area contributed by atoms with Crippen molar-refractivity contribution >= 4 is 5.91 Å². The minimum Gasteiger partial charge on any atom is -0.368 e. The lowest BCUT2D eigenvalue weighted by atomic mass is 10.1. The lowest BCUT2D eigenvalue weighted by molar-refractivity contribution is -0.122. The summed E-state index contributed by atoms with van der Waals surface area (Å²) in [6.45, 7) is 1.35. The number of pyridine rings is 1. The van der Waals surface area contributed by atoms with Gasteiger partial charge in [-0.25, -0.2) is 0 Å². The van der Waals surface area contributed by atoms with Crippen molar-refractivity contribution in [3.63, 3.8) is 0 Å². The number of likely N-dealkylation sites (tertiary alicyclic amines) is 1. The van der Waals surface area contributed by atoms with Gasteiger partial charge in [0.15, 0.2) is 0 Å². The number of primary amides is 1. The molecule has 0 aliphatic carbocycles. The number of rotatable bonds is 4. The Labute approximate surface area is 101 Å². The molecule has 2 unspecified atom stereocenters. The van der Waals surface area contributed by atoms with E-state index in [4.69, 9.17) is 11.5 Å². The summed E-state index contributed by atoms with van der Waals surface area (Å²) in [5.41, 5.74) is 12.4. The number of hydrogen-bond donors (Lipinski definition) is 2. The van der Waals surface area contributed by atoms with Gasteiger partial charge in [0, 0.05) is 25.0 Å². The molecular weight excluding hydrogens is 216 g/mol. The number of aromatic nitrogens is 1. The molecule has 0 radical (unpaired) electrons. The summed E-state index contributed by atoms with van der Waals surface area (Å²) in [5.74, 6) is -0.255. The number of nitrogens with zero attached hydrogens (tertiary/aromatic N) is 2. The van der Waals surface area contributed by atoms with Gasteiger partial charge in [0.2, 0.25) is 5.91 Å². The standard InChI is InChI=1S/C12H18N4O/c13-8-11(9-3-5-15-6-4-9)16-7-1-2-10(16)12(14)17/h3-6,10-11H,1-2,7-8,13H2,(H2,14,17). The third kappa shape index (κ3) is 2.45. The fourth-order valence-electron chi connectivity index (χ4n) is 2.52. The van der Waals surface area contributed by atoms with Crippen LogP contribution in [0.25, 0.3) is 0 Å². The summed E-state index contributed by atoms with van der Waals surface area (Å²) >= 11 is 0. The second kappa shape index (κ2) is 5.25. The van der Waals surface area contributed by atoms with E-state index in [1.54, 1.807) is 12.4 Å². The van der Waals surface area contributed by atoms with Crippen LogP contribution >= 0.6 is 0 Å². The average Bonchev–Trinajstić information content (AvgIpc) is 2.81. The van der Waals surface area contributed by atoms with Crippen LogP contribution in [0, 0.1) is 0 Å². The lowest BCUT2D eigenvalue weighted by Gasteiger charge is -2.30. The number of hydrogen-bond acceptors (Lipinski definition) is 4. The highest BCUT2D eigenvalue weighted by Crippen LogP contribution is 2.28. The molecule has 92 valence electrons. The maximum atomic E-state index is 11.4. The van der Waals surface area contributed by atoms with Crippen LogP contribution in [0.3, 0.4) is 0 Å². The first-order valence-electron chi connectivity index (χ1n) is 5.89. The zero-order chi connectivity index (χ0) is 12.3. The Morgan fingerprint density at radius 2 is 2.24 bits per heavy atom. The summed E-state index contributed by atoms with van der Waals surface area (Å²) in [7, 11) is 0. The van der Waals surface area contributed by atoms with Crippen molar-refractivity contribution < 1.29 is 4.79 Å². The van der Waals surface area contributed by atoms with Crippen molar-refractivity contribution in [2.24, 2.45) is 11.5 Å². The van der Waals surface area contributed by atoms with Gasteiger partial charge in [-0.05, 0) is 37.1 Å². The lowest BCUT2D eigenvalue weighted by Crippen LogP contribution is -2.44. The van der Waals surface area contributed by atoms with Gasteiger partial charge in [-0.15, -0.1) is 0 Å². The minimum absolute atomic E-state index is 0.0537. The highest BCUT2D eigenvalue weighted by atomic mass is 16.1. The van der Waals surface area contributed by atoms with Crippen molar-refractivity contribution in [1.82, 2.24) is 9.88 Å². The summed E-state index contributed by atoms with van der Waals surface area (Å²) in [6.07, 6.45) is 5.31. The fourth-order valence-corrected chi connectivity index (χ4v) is 2.52. The van der Waals surface area contributed by atoms with Gasteiger partial charge in [0.05, 0.1) is 6.04 Å². The molecule has 0 bridgehead atoms. The number of carbonyl (C=O) groups is 1. The second-order valence-corrected chi connectivity index (χ2v) is 4.33. The minimum atomic E-state index is -0.255. The van der Waals surface area contributed by atoms with Gasteiger partial charge < -0.3 is 11.5 Å². The van der Waals surface area contributed by atoms with Crippen LogP contribution in [0.2, 0.25) is 0 Å². The van der Waals surface area contributed by atoms with Crippen LogP contribution in [0.1, 0.15) is 24.4 Å². The highest BCUT2D eigenvalue weighted by molar-refractivity contribution is 5.80. The van der Waals surface area contributed by atoms with Crippen LogP contribution in [0.4, 0.5) is 0 Å². The summed E-state index contributed by atoms with van der Waals surface area (Å²) in [5, 5.41) is 0. The highest BCUT2D eigenvalue weighted by Gasteiger charge is 2.34. The molecule has 1 aromatic heterocycles. The smallest absolute Gasteiger partial charge is 0.234 e. The van der Waals surface area contributed by atoms with Gasteiger partial charge in [-0.1, -0.05) is 0 Å². The topological polar surface area (TPSA) is 85.2 Å². The molecule has 1 aliphatic heterocycles. The van der Waals surface area contributed by atoms with E-state index in [0.717, 1.165) is 24.9 Å². The molecule has 1 saturated heterocycles. The van der Waals surface area contributed by atoms with Gasteiger partial charge in [0.1, 0.15) is 0 Å². The first-order chi connectivity index (χ1) is 8.24. The van der Waals surface area contributed by atoms with Crippen LogP contribution in [0.15, 0.2) is 24.5 Å². The third-order valence-corrected chi connectivity index (χ3v) is 3.34. The molecule has 17 heavy (non-hydrogen) atoms. The molecule has 1 aliphatic rings. The van der Waals surface area contributed by atoms with Crippen LogP contribution < -0.4 is 11.5 Å². The maximum Gasteiger partial charge on any atom is 0.234 e. The molecule has 0 saturated carbocycles. The first kappa shape index (κ1) is 12.0. The van der Waals surface area contributed by atoms with Crippen LogP contribution in [-0.2, 0) is 4.79 Å². The zero-order valence-corrected chi connectivity index (χ0v) is 9.75. The molecule has 4 N–H and O–H groups in total. The number of carbonyl (C=O) groups excluding carboxylic acids is 1. The van der Waals surface area contributed by atoms with Crippen LogP contribution in [-0.4, -0.2) is 34.9 Å². The van der Waals surface area contributed by atoms with Crippen molar-refractivity contribution in [3.8, 4) is 0 Å². The molecule has 5 nitrogen and oxygen atoms in total. The predicted molar refractivity (Wildman–Crippen MR) is 65.0 cm³/mol. The predicted octanol–water partition coefficient (Wildman–Crippen LogP) is 0.0311. The fraction of sp³-hybridized carbons (Fsp3) is 0.500.